The van der Waals surface area contributed by atoms with Gasteiger partial charge in [-0.05, 0) is 62.0 Å². The summed E-state index contributed by atoms with van der Waals surface area (Å²) in [6.45, 7) is 2.36. The smallest absolute Gasteiger partial charge is 0.0465 e. The van der Waals surface area contributed by atoms with Gasteiger partial charge >= 0.3 is 0 Å². The molecular weight excluding hydrogens is 244 g/mol. The lowest BCUT2D eigenvalue weighted by molar-refractivity contribution is 0.373. The van der Waals surface area contributed by atoms with Crippen LogP contribution in [0.25, 0.3) is 21.8 Å². The topological polar surface area (TPSA) is 27.8 Å². The number of benzene rings is 2. The summed E-state index contributed by atoms with van der Waals surface area (Å²) in [6, 6.07) is 15.5. The van der Waals surface area contributed by atoms with Crippen LogP contribution in [0.3, 0.4) is 0 Å². The van der Waals surface area contributed by atoms with Crippen LogP contribution in [0, 0.1) is 5.92 Å². The van der Waals surface area contributed by atoms with Crippen molar-refractivity contribution in [1.29, 1.82) is 0 Å². The molecule has 1 aliphatic rings. The van der Waals surface area contributed by atoms with E-state index >= 15 is 0 Å². The number of para-hydroxylation sites is 1. The normalized spacial score (nSPS) is 17.0. The van der Waals surface area contributed by atoms with Gasteiger partial charge in [0.2, 0.25) is 0 Å². The molecule has 0 radical (unpaired) electrons. The van der Waals surface area contributed by atoms with Crippen molar-refractivity contribution >= 4 is 21.8 Å². The summed E-state index contributed by atoms with van der Waals surface area (Å²) in [5, 5.41) is 6.16. The maximum absolute atomic E-state index is 3.50. The minimum absolute atomic E-state index is 0.846. The molecule has 4 rings (SSSR count). The van der Waals surface area contributed by atoms with Gasteiger partial charge in [-0.15, -0.1) is 0 Å². The van der Waals surface area contributed by atoms with Crippen LogP contribution in [0.2, 0.25) is 0 Å². The number of nitrogens with one attached hydrogen (secondary N) is 2. The van der Waals surface area contributed by atoms with Gasteiger partial charge in [-0.1, -0.05) is 24.3 Å². The number of hydrogen-bond acceptors (Lipinski definition) is 1. The molecule has 2 nitrogen and oxygen atoms in total. The highest BCUT2D eigenvalue weighted by Crippen LogP contribution is 2.27. The van der Waals surface area contributed by atoms with Crippen molar-refractivity contribution in [3.63, 3.8) is 0 Å². The fourth-order valence-corrected chi connectivity index (χ4v) is 3.44. The van der Waals surface area contributed by atoms with Crippen LogP contribution >= 0.6 is 0 Å². The number of aromatic nitrogens is 1. The Bertz CT molecular complexity index is 735. The Morgan fingerprint density at radius 1 is 0.900 bits per heavy atom. The van der Waals surface area contributed by atoms with Crippen LogP contribution in [-0.4, -0.2) is 18.1 Å². The van der Waals surface area contributed by atoms with Crippen LogP contribution in [0.1, 0.15) is 18.4 Å². The zero-order chi connectivity index (χ0) is 13.4. The molecule has 1 saturated heterocycles. The molecule has 102 valence electrons. The third kappa shape index (κ3) is 2.10. The number of fused-ring (bicyclic) bond motifs is 3. The Morgan fingerprint density at radius 3 is 2.60 bits per heavy atom. The fraction of sp³-hybridized carbons (Fsp3) is 0.333. The van der Waals surface area contributed by atoms with Crippen molar-refractivity contribution in [2.45, 2.75) is 19.3 Å². The van der Waals surface area contributed by atoms with Gasteiger partial charge in [0.1, 0.15) is 0 Å². The summed E-state index contributed by atoms with van der Waals surface area (Å²) < 4.78 is 0. The maximum atomic E-state index is 3.50. The Balaban J connectivity index is 1.71. The molecule has 1 fully saturated rings. The first-order valence-electron chi connectivity index (χ1n) is 7.60. The first-order valence-corrected chi connectivity index (χ1v) is 7.60. The first-order chi connectivity index (χ1) is 9.90. The molecule has 0 amide bonds. The minimum atomic E-state index is 0.846. The van der Waals surface area contributed by atoms with E-state index < -0.39 is 0 Å². The molecule has 2 heteroatoms. The number of H-pyrrole nitrogens is 1. The lowest BCUT2D eigenvalue weighted by Gasteiger charge is -2.22. The minimum Gasteiger partial charge on any atom is -0.355 e. The Kier molecular flexibility index (Phi) is 2.96. The predicted molar refractivity (Wildman–Crippen MR) is 85.1 cm³/mol. The van der Waals surface area contributed by atoms with Crippen LogP contribution in [-0.2, 0) is 6.42 Å². The van der Waals surface area contributed by atoms with Gasteiger partial charge in [0, 0.05) is 21.8 Å². The van der Waals surface area contributed by atoms with Gasteiger partial charge in [0.05, 0.1) is 0 Å². The van der Waals surface area contributed by atoms with Crippen LogP contribution in [0.15, 0.2) is 42.5 Å². The molecule has 1 aliphatic heterocycles. The third-order valence-electron chi connectivity index (χ3n) is 4.55. The van der Waals surface area contributed by atoms with Gasteiger partial charge in [-0.25, -0.2) is 0 Å². The maximum Gasteiger partial charge on any atom is 0.0465 e. The first kappa shape index (κ1) is 12.0. The van der Waals surface area contributed by atoms with E-state index in [1.165, 1.54) is 59.7 Å². The highest BCUT2D eigenvalue weighted by molar-refractivity contribution is 6.07. The molecule has 2 heterocycles. The standard InChI is InChI=1S/C18H20N2/c1-2-4-17-15(3-1)16-12-14(5-6-18(16)20-17)11-13-7-9-19-10-8-13/h1-6,12-13,19-20H,7-11H2. The zero-order valence-corrected chi connectivity index (χ0v) is 11.7. The molecule has 20 heavy (non-hydrogen) atoms. The summed E-state index contributed by atoms with van der Waals surface area (Å²) >= 11 is 0. The van der Waals surface area contributed by atoms with Crippen molar-refractivity contribution in [3.05, 3.63) is 48.0 Å². The Morgan fingerprint density at radius 2 is 1.70 bits per heavy atom. The summed E-state index contributed by atoms with van der Waals surface area (Å²) in [5.41, 5.74) is 3.97. The number of hydrogen-bond donors (Lipinski definition) is 2. The predicted octanol–water partition coefficient (Wildman–Crippen LogP) is 3.86. The molecular formula is C18H20N2. The monoisotopic (exact) mass is 264 g/mol. The lowest BCUT2D eigenvalue weighted by atomic mass is 9.90. The third-order valence-corrected chi connectivity index (χ3v) is 4.55. The van der Waals surface area contributed by atoms with E-state index in [1.807, 2.05) is 0 Å². The number of piperidine rings is 1. The highest BCUT2D eigenvalue weighted by atomic mass is 14.9. The van der Waals surface area contributed by atoms with Crippen LogP contribution in [0.5, 0.6) is 0 Å². The Labute approximate surface area is 119 Å². The molecule has 1 aromatic heterocycles. The van der Waals surface area contributed by atoms with E-state index in [-0.39, 0.29) is 0 Å². The van der Waals surface area contributed by atoms with Crippen molar-refractivity contribution in [2.24, 2.45) is 5.92 Å². The van der Waals surface area contributed by atoms with Crippen molar-refractivity contribution in [3.8, 4) is 0 Å². The summed E-state index contributed by atoms with van der Waals surface area (Å²) in [6.07, 6.45) is 3.84. The van der Waals surface area contributed by atoms with Gasteiger partial charge in [0.25, 0.3) is 0 Å². The summed E-state index contributed by atoms with van der Waals surface area (Å²) in [5.74, 6) is 0.846. The van der Waals surface area contributed by atoms with Gasteiger partial charge in [-0.2, -0.15) is 0 Å². The Hall–Kier alpha value is -1.80. The van der Waals surface area contributed by atoms with E-state index in [4.69, 9.17) is 0 Å². The number of aromatic amines is 1. The van der Waals surface area contributed by atoms with Crippen molar-refractivity contribution in [1.82, 2.24) is 10.3 Å². The summed E-state index contributed by atoms with van der Waals surface area (Å²) in [7, 11) is 0. The van der Waals surface area contributed by atoms with E-state index in [0.29, 0.717) is 0 Å². The fourth-order valence-electron chi connectivity index (χ4n) is 3.44. The zero-order valence-electron chi connectivity index (χ0n) is 11.7. The van der Waals surface area contributed by atoms with Gasteiger partial charge in [0.15, 0.2) is 0 Å². The van der Waals surface area contributed by atoms with E-state index in [9.17, 15) is 0 Å². The quantitative estimate of drug-likeness (QED) is 0.722. The second-order valence-corrected chi connectivity index (χ2v) is 5.95. The van der Waals surface area contributed by atoms with Crippen LogP contribution in [0.4, 0.5) is 0 Å². The molecule has 0 aliphatic carbocycles. The second kappa shape index (κ2) is 4.95. The molecule has 2 aromatic carbocycles. The van der Waals surface area contributed by atoms with E-state index in [0.717, 1.165) is 5.92 Å². The average Bonchev–Trinajstić information content (AvgIpc) is 2.86. The van der Waals surface area contributed by atoms with E-state index in [2.05, 4.69) is 52.8 Å². The average molecular weight is 264 g/mol. The molecule has 3 aromatic rings. The van der Waals surface area contributed by atoms with Crippen LogP contribution < -0.4 is 5.32 Å². The number of rotatable bonds is 2. The largest absolute Gasteiger partial charge is 0.355 e. The molecule has 0 spiro atoms. The molecule has 0 bridgehead atoms. The van der Waals surface area contributed by atoms with Crippen molar-refractivity contribution in [2.75, 3.05) is 13.1 Å². The molecule has 0 atom stereocenters. The summed E-state index contributed by atoms with van der Waals surface area (Å²) in [4.78, 5) is 3.50. The highest BCUT2D eigenvalue weighted by Gasteiger charge is 2.14. The second-order valence-electron chi connectivity index (χ2n) is 5.95. The lowest BCUT2D eigenvalue weighted by Crippen LogP contribution is -2.28. The van der Waals surface area contributed by atoms with Gasteiger partial charge in [-0.3, -0.25) is 0 Å². The van der Waals surface area contributed by atoms with E-state index in [1.54, 1.807) is 0 Å². The molecule has 2 N–H and O–H groups in total. The van der Waals surface area contributed by atoms with Gasteiger partial charge < -0.3 is 10.3 Å². The molecule has 0 unspecified atom stereocenters. The molecule has 0 saturated carbocycles. The SMILES string of the molecule is c1ccc2c(c1)[nH]c1ccc(CC3CCNCC3)cc12. The van der Waals surface area contributed by atoms with Crippen molar-refractivity contribution < 1.29 is 0 Å².